The third kappa shape index (κ3) is 6.44. The van der Waals surface area contributed by atoms with E-state index >= 15 is 0 Å². The molecule has 0 aliphatic carbocycles. The molecule has 0 unspecified atom stereocenters. The first-order valence-corrected chi connectivity index (χ1v) is 14.0. The Kier molecular flexibility index (Phi) is 8.01. The average molecular weight is 573 g/mol. The molecular formula is C32H37FN6O3. The predicted octanol–water partition coefficient (Wildman–Crippen LogP) is 4.83. The molecule has 4 aromatic rings. The smallest absolute Gasteiger partial charge is 0.252 e. The van der Waals surface area contributed by atoms with E-state index in [1.54, 1.807) is 50.1 Å². The van der Waals surface area contributed by atoms with Crippen LogP contribution in [-0.4, -0.2) is 69.7 Å². The molecule has 0 bridgehead atoms. The Morgan fingerprint density at radius 2 is 1.98 bits per heavy atom. The van der Waals surface area contributed by atoms with E-state index in [9.17, 15) is 14.3 Å². The molecule has 10 heteroatoms. The number of anilines is 1. The van der Waals surface area contributed by atoms with E-state index in [1.807, 2.05) is 38.2 Å². The van der Waals surface area contributed by atoms with E-state index in [4.69, 9.17) is 9.72 Å². The minimum atomic E-state index is -0.978. The van der Waals surface area contributed by atoms with E-state index < -0.39 is 17.0 Å². The van der Waals surface area contributed by atoms with Gasteiger partial charge in [-0.15, -0.1) is 0 Å². The van der Waals surface area contributed by atoms with Crippen molar-refractivity contribution in [3.63, 3.8) is 0 Å². The van der Waals surface area contributed by atoms with Gasteiger partial charge in [0.15, 0.2) is 0 Å². The first-order chi connectivity index (χ1) is 19.9. The molecular weight excluding hydrogens is 535 g/mol. The van der Waals surface area contributed by atoms with Crippen molar-refractivity contribution in [1.29, 1.82) is 0 Å². The van der Waals surface area contributed by atoms with Crippen LogP contribution in [0.15, 0.2) is 60.0 Å². The molecule has 1 amide bonds. The maximum atomic E-state index is 13.7. The first-order valence-electron chi connectivity index (χ1n) is 14.0. The zero-order chi connectivity index (χ0) is 30.1. The van der Waals surface area contributed by atoms with Gasteiger partial charge in [0.2, 0.25) is 0 Å². The van der Waals surface area contributed by atoms with Crippen LogP contribution in [0.4, 0.5) is 10.2 Å². The molecule has 3 aromatic heterocycles. The Labute approximate surface area is 245 Å². The molecule has 1 aromatic carbocycles. The third-order valence-corrected chi connectivity index (χ3v) is 7.58. The second kappa shape index (κ2) is 11.5. The lowest BCUT2D eigenvalue weighted by Gasteiger charge is -2.40. The lowest BCUT2D eigenvalue weighted by atomic mass is 9.89. The minimum absolute atomic E-state index is 0.135. The molecule has 220 valence electrons. The Balaban J connectivity index is 1.33. The van der Waals surface area contributed by atoms with E-state index in [0.29, 0.717) is 11.3 Å². The lowest BCUT2D eigenvalue weighted by molar-refractivity contribution is 0.0283. The zero-order valence-corrected chi connectivity index (χ0v) is 24.7. The lowest BCUT2D eigenvalue weighted by Crippen LogP contribution is -2.53. The second-order valence-corrected chi connectivity index (χ2v) is 11.8. The number of aryl methyl sites for hydroxylation is 1. The summed E-state index contributed by atoms with van der Waals surface area (Å²) >= 11 is 0. The van der Waals surface area contributed by atoms with Crippen molar-refractivity contribution >= 4 is 23.5 Å². The Hall–Kier alpha value is -4.31. The molecule has 1 aliphatic rings. The number of carbonyl (C=O) groups is 1. The monoisotopic (exact) mass is 572 g/mol. The van der Waals surface area contributed by atoms with E-state index in [2.05, 4.69) is 20.3 Å². The van der Waals surface area contributed by atoms with Gasteiger partial charge in [0.05, 0.1) is 23.5 Å². The molecule has 9 nitrogen and oxygen atoms in total. The van der Waals surface area contributed by atoms with Gasteiger partial charge in [0.25, 0.3) is 5.91 Å². The maximum absolute atomic E-state index is 13.7. The van der Waals surface area contributed by atoms with E-state index in [-0.39, 0.29) is 12.5 Å². The first kappa shape index (κ1) is 29.2. The van der Waals surface area contributed by atoms with Crippen LogP contribution in [0.2, 0.25) is 0 Å². The summed E-state index contributed by atoms with van der Waals surface area (Å²) in [6.45, 7) is 8.81. The van der Waals surface area contributed by atoms with Crippen LogP contribution in [0.3, 0.4) is 0 Å². The Morgan fingerprint density at radius 1 is 1.21 bits per heavy atom. The number of pyridine rings is 2. The summed E-state index contributed by atoms with van der Waals surface area (Å²) in [5.41, 5.74) is 3.26. The van der Waals surface area contributed by atoms with Gasteiger partial charge in [-0.2, -0.15) is 5.10 Å². The molecule has 4 heterocycles. The normalized spacial score (nSPS) is 15.4. The van der Waals surface area contributed by atoms with Gasteiger partial charge in [0, 0.05) is 60.3 Å². The number of nitrogens with one attached hydrogen (secondary N) is 1. The second-order valence-electron chi connectivity index (χ2n) is 11.8. The number of rotatable bonds is 8. The summed E-state index contributed by atoms with van der Waals surface area (Å²) in [4.78, 5) is 24.1. The van der Waals surface area contributed by atoms with Crippen LogP contribution < -0.4 is 15.0 Å². The fraction of sp³-hybridized carbons (Fsp3) is 0.375. The third-order valence-electron chi connectivity index (χ3n) is 7.58. The number of fused-ring (bicyclic) bond motifs is 1. The molecule has 0 spiro atoms. The molecule has 5 rings (SSSR count). The van der Waals surface area contributed by atoms with Crippen molar-refractivity contribution in [1.82, 2.24) is 19.9 Å². The standard InChI is InChI=1S/C32H37FN6O3/c1-21-6-8-24(33)14-26(21)30(40)37-32(4)10-12-38(13-11-32)28-9-7-22(17-35-28)27-15-25(42-20-31(2,3)41)19-39-29(27)23(16-34-5)18-36-39/h6-9,14-19,41H,10-13,20H2,1-5H3,(H,37,40)/b34-16-. The Bertz CT molecular complexity index is 1620. The number of carbonyl (C=O) groups excluding carboxylic acids is 1. The number of aromatic nitrogens is 3. The summed E-state index contributed by atoms with van der Waals surface area (Å²) < 4.78 is 21.4. The maximum Gasteiger partial charge on any atom is 0.252 e. The summed E-state index contributed by atoms with van der Waals surface area (Å²) in [6, 6.07) is 10.2. The number of ether oxygens (including phenoxy) is 1. The van der Waals surface area contributed by atoms with Gasteiger partial charge in [0.1, 0.15) is 24.0 Å². The van der Waals surface area contributed by atoms with Crippen molar-refractivity contribution in [2.24, 2.45) is 4.99 Å². The van der Waals surface area contributed by atoms with Crippen molar-refractivity contribution in [3.05, 3.63) is 77.5 Å². The van der Waals surface area contributed by atoms with Gasteiger partial charge < -0.3 is 20.1 Å². The van der Waals surface area contributed by atoms with Crippen LogP contribution >= 0.6 is 0 Å². The molecule has 1 aliphatic heterocycles. The van der Waals surface area contributed by atoms with Gasteiger partial charge in [-0.25, -0.2) is 13.9 Å². The van der Waals surface area contributed by atoms with E-state index in [1.165, 1.54) is 12.1 Å². The molecule has 0 radical (unpaired) electrons. The van der Waals surface area contributed by atoms with Gasteiger partial charge in [-0.1, -0.05) is 6.07 Å². The molecule has 0 atom stereocenters. The number of benzene rings is 1. The van der Waals surface area contributed by atoms with Crippen LogP contribution in [0, 0.1) is 12.7 Å². The highest BCUT2D eigenvalue weighted by Crippen LogP contribution is 2.32. The SMILES string of the molecule is C/N=C\c1cnn2cc(OCC(C)(C)O)cc(-c3ccc(N4CCC(C)(NC(=O)c5cc(F)ccc5C)CC4)nc3)c12. The van der Waals surface area contributed by atoms with E-state index in [0.717, 1.165) is 59.5 Å². The van der Waals surface area contributed by atoms with Crippen molar-refractivity contribution in [2.45, 2.75) is 51.7 Å². The number of piperidine rings is 1. The largest absolute Gasteiger partial charge is 0.489 e. The number of amides is 1. The quantitative estimate of drug-likeness (QED) is 0.293. The number of aliphatic hydroxyl groups is 1. The van der Waals surface area contributed by atoms with Crippen LogP contribution in [0.25, 0.3) is 16.6 Å². The molecule has 1 fully saturated rings. The van der Waals surface area contributed by atoms with Crippen LogP contribution in [-0.2, 0) is 0 Å². The summed E-state index contributed by atoms with van der Waals surface area (Å²) in [5, 5.41) is 17.8. The molecule has 0 saturated carbocycles. The highest BCUT2D eigenvalue weighted by molar-refractivity contribution is 5.97. The van der Waals surface area contributed by atoms with Gasteiger partial charge >= 0.3 is 0 Å². The Morgan fingerprint density at radius 3 is 2.64 bits per heavy atom. The molecule has 1 saturated heterocycles. The fourth-order valence-electron chi connectivity index (χ4n) is 5.18. The van der Waals surface area contributed by atoms with Gasteiger partial charge in [-0.05, 0) is 76.4 Å². The number of hydrogen-bond donors (Lipinski definition) is 2. The number of halogens is 1. The average Bonchev–Trinajstić information content (AvgIpc) is 3.35. The fourth-order valence-corrected chi connectivity index (χ4v) is 5.18. The number of nitrogens with zero attached hydrogens (tertiary/aromatic N) is 5. The van der Waals surface area contributed by atoms with Gasteiger partial charge in [-0.3, -0.25) is 9.79 Å². The highest BCUT2D eigenvalue weighted by atomic mass is 19.1. The van der Waals surface area contributed by atoms with Crippen LogP contribution in [0.1, 0.15) is 55.1 Å². The number of aliphatic imine (C=N–C) groups is 1. The summed E-state index contributed by atoms with van der Waals surface area (Å²) in [6.07, 6.45) is 8.61. The van der Waals surface area contributed by atoms with Crippen LogP contribution in [0.5, 0.6) is 5.75 Å². The van der Waals surface area contributed by atoms with Crippen molar-refractivity contribution in [3.8, 4) is 16.9 Å². The summed E-state index contributed by atoms with van der Waals surface area (Å²) in [5.74, 6) is 0.759. The number of hydrogen-bond acceptors (Lipinski definition) is 7. The predicted molar refractivity (Wildman–Crippen MR) is 162 cm³/mol. The topological polar surface area (TPSA) is 104 Å². The zero-order valence-electron chi connectivity index (χ0n) is 24.7. The molecule has 42 heavy (non-hydrogen) atoms. The highest BCUT2D eigenvalue weighted by Gasteiger charge is 2.32. The summed E-state index contributed by atoms with van der Waals surface area (Å²) in [7, 11) is 1.72. The minimum Gasteiger partial charge on any atom is -0.489 e. The van der Waals surface area contributed by atoms with Crippen molar-refractivity contribution in [2.75, 3.05) is 31.6 Å². The van der Waals surface area contributed by atoms with Crippen molar-refractivity contribution < 1.29 is 19.0 Å². The molecule has 2 N–H and O–H groups in total.